The molecule has 116 valence electrons. The van der Waals surface area contributed by atoms with Crippen molar-refractivity contribution in [3.05, 3.63) is 87.1 Å². The minimum atomic E-state index is -0.233. The fourth-order valence-electron chi connectivity index (χ4n) is 2.53. The molecule has 0 aliphatic carbocycles. The third kappa shape index (κ3) is 2.99. The van der Waals surface area contributed by atoms with Gasteiger partial charge in [-0.05, 0) is 30.7 Å². The summed E-state index contributed by atoms with van der Waals surface area (Å²) in [5.41, 5.74) is 3.57. The first-order chi connectivity index (χ1) is 11.1. The van der Waals surface area contributed by atoms with Gasteiger partial charge in [-0.1, -0.05) is 31.2 Å². The van der Waals surface area contributed by atoms with Crippen molar-refractivity contribution < 1.29 is 4.79 Å². The number of carbonyl (C=O) groups is 1. The largest absolute Gasteiger partial charge is 0.355 e. The van der Waals surface area contributed by atoms with Gasteiger partial charge >= 0.3 is 0 Å². The van der Waals surface area contributed by atoms with Crippen LogP contribution >= 0.6 is 0 Å². The van der Waals surface area contributed by atoms with Crippen LogP contribution in [0.3, 0.4) is 0 Å². The molecule has 0 aliphatic rings. The van der Waals surface area contributed by atoms with E-state index < -0.39 is 0 Å². The number of rotatable bonds is 4. The first-order valence-electron chi connectivity index (χ1n) is 7.41. The predicted octanol–water partition coefficient (Wildman–Crippen LogP) is 2.79. The van der Waals surface area contributed by atoms with Crippen molar-refractivity contribution in [1.29, 1.82) is 0 Å². The van der Waals surface area contributed by atoms with Crippen LogP contribution in [0.1, 0.15) is 45.8 Å². The van der Waals surface area contributed by atoms with E-state index in [0.717, 1.165) is 17.0 Å². The lowest BCUT2D eigenvalue weighted by atomic mass is 10.0. The monoisotopic (exact) mass is 307 g/mol. The Labute approximate surface area is 133 Å². The number of benzene rings is 1. The molecule has 0 fully saturated rings. The van der Waals surface area contributed by atoms with Gasteiger partial charge < -0.3 is 4.98 Å². The van der Waals surface area contributed by atoms with Crippen LogP contribution in [0.15, 0.2) is 53.3 Å². The molecule has 0 spiro atoms. The molecule has 5 nitrogen and oxygen atoms in total. The third-order valence-electron chi connectivity index (χ3n) is 3.95. The van der Waals surface area contributed by atoms with Gasteiger partial charge in [-0.25, -0.2) is 5.10 Å². The zero-order valence-electron chi connectivity index (χ0n) is 13.0. The number of aryl methyl sites for hydroxylation is 1. The molecule has 0 amide bonds. The summed E-state index contributed by atoms with van der Waals surface area (Å²) < 4.78 is 0. The van der Waals surface area contributed by atoms with Crippen LogP contribution in [0.2, 0.25) is 0 Å². The maximum Gasteiger partial charge on any atom is 0.264 e. The van der Waals surface area contributed by atoms with Crippen LogP contribution in [0.25, 0.3) is 0 Å². The molecule has 23 heavy (non-hydrogen) atoms. The summed E-state index contributed by atoms with van der Waals surface area (Å²) in [5, 5.41) is 6.47. The summed E-state index contributed by atoms with van der Waals surface area (Å²) in [6.07, 6.45) is 0. The highest BCUT2D eigenvalue weighted by molar-refractivity contribution is 6.08. The molecule has 1 atom stereocenters. The Morgan fingerprint density at radius 2 is 1.87 bits per heavy atom. The molecule has 0 bridgehead atoms. The molecule has 0 aliphatic heterocycles. The molecule has 0 radical (unpaired) electrons. The number of nitrogens with one attached hydrogen (secondary N) is 2. The van der Waals surface area contributed by atoms with Gasteiger partial charge in [0, 0.05) is 23.2 Å². The molecule has 3 aromatic rings. The highest BCUT2D eigenvalue weighted by Gasteiger charge is 2.17. The van der Waals surface area contributed by atoms with E-state index >= 15 is 0 Å². The van der Waals surface area contributed by atoms with E-state index in [2.05, 4.69) is 15.2 Å². The van der Waals surface area contributed by atoms with Gasteiger partial charge in [0.1, 0.15) is 0 Å². The van der Waals surface area contributed by atoms with Crippen LogP contribution < -0.4 is 5.56 Å². The number of carbonyl (C=O) groups excluding carboxylic acids is 1. The Hall–Kier alpha value is -2.95. The molecule has 2 aromatic heterocycles. The van der Waals surface area contributed by atoms with Crippen molar-refractivity contribution in [2.75, 3.05) is 0 Å². The van der Waals surface area contributed by atoms with E-state index in [0.29, 0.717) is 11.3 Å². The fourth-order valence-corrected chi connectivity index (χ4v) is 2.53. The number of nitrogens with zero attached hydrogens (tertiary/aromatic N) is 1. The highest BCUT2D eigenvalue weighted by Crippen LogP contribution is 2.22. The lowest BCUT2D eigenvalue weighted by molar-refractivity contribution is 0.103. The smallest absolute Gasteiger partial charge is 0.264 e. The minimum absolute atomic E-state index is 0.0315. The maximum atomic E-state index is 12.6. The van der Waals surface area contributed by atoms with Gasteiger partial charge in [-0.15, -0.1) is 0 Å². The Morgan fingerprint density at radius 1 is 1.09 bits per heavy atom. The Bertz CT molecular complexity index is 888. The van der Waals surface area contributed by atoms with E-state index in [9.17, 15) is 9.59 Å². The van der Waals surface area contributed by atoms with Gasteiger partial charge in [0.25, 0.3) is 5.56 Å². The predicted molar refractivity (Wildman–Crippen MR) is 87.8 cm³/mol. The topological polar surface area (TPSA) is 78.6 Å². The fraction of sp³-hybridized carbons (Fsp3) is 0.167. The molecule has 3 rings (SSSR count). The summed E-state index contributed by atoms with van der Waals surface area (Å²) in [4.78, 5) is 26.9. The van der Waals surface area contributed by atoms with Gasteiger partial charge in [0.05, 0.1) is 11.4 Å². The van der Waals surface area contributed by atoms with Crippen LogP contribution in [0, 0.1) is 6.92 Å². The highest BCUT2D eigenvalue weighted by atomic mass is 16.1. The number of aromatic amines is 2. The lowest BCUT2D eigenvalue weighted by Gasteiger charge is -2.08. The zero-order valence-corrected chi connectivity index (χ0v) is 13.0. The molecule has 2 heterocycles. The Balaban J connectivity index is 1.88. The first kappa shape index (κ1) is 15.0. The van der Waals surface area contributed by atoms with Crippen LogP contribution in [-0.2, 0) is 0 Å². The Kier molecular flexibility index (Phi) is 3.93. The average Bonchev–Trinajstić information content (AvgIpc) is 3.05. The van der Waals surface area contributed by atoms with Crippen LogP contribution in [0.4, 0.5) is 0 Å². The summed E-state index contributed by atoms with van der Waals surface area (Å²) in [6, 6.07) is 14.3. The second-order valence-corrected chi connectivity index (χ2v) is 5.54. The molecule has 1 aromatic carbocycles. The zero-order chi connectivity index (χ0) is 16.4. The number of aromatic nitrogens is 3. The molecule has 2 N–H and O–H groups in total. The van der Waals surface area contributed by atoms with Crippen molar-refractivity contribution >= 4 is 5.78 Å². The summed E-state index contributed by atoms with van der Waals surface area (Å²) >= 11 is 0. The van der Waals surface area contributed by atoms with E-state index in [1.54, 1.807) is 12.1 Å². The van der Waals surface area contributed by atoms with Crippen LogP contribution in [-0.4, -0.2) is 21.0 Å². The molecule has 5 heteroatoms. The number of hydrogen-bond donors (Lipinski definition) is 2. The second kappa shape index (κ2) is 6.04. The molecular weight excluding hydrogens is 290 g/mol. The van der Waals surface area contributed by atoms with E-state index in [1.807, 2.05) is 44.2 Å². The minimum Gasteiger partial charge on any atom is -0.355 e. The molecule has 1 unspecified atom stereocenters. The van der Waals surface area contributed by atoms with Gasteiger partial charge in [-0.2, -0.15) is 5.10 Å². The SMILES string of the molecule is Cc1ccccc1C(=O)c1ccc(C(C)c2ccc(=O)[nH]n2)[nH]1. The summed E-state index contributed by atoms with van der Waals surface area (Å²) in [5.74, 6) is -0.0822. The normalized spacial score (nSPS) is 12.1. The second-order valence-electron chi connectivity index (χ2n) is 5.54. The van der Waals surface area contributed by atoms with Gasteiger partial charge in [0.2, 0.25) is 5.78 Å². The third-order valence-corrected chi connectivity index (χ3v) is 3.95. The van der Waals surface area contributed by atoms with Crippen molar-refractivity contribution in [2.24, 2.45) is 0 Å². The molecule has 0 saturated carbocycles. The molecular formula is C18H17N3O2. The lowest BCUT2D eigenvalue weighted by Crippen LogP contribution is -2.10. The number of H-pyrrole nitrogens is 2. The van der Waals surface area contributed by atoms with Crippen molar-refractivity contribution in [3.63, 3.8) is 0 Å². The van der Waals surface area contributed by atoms with E-state index in [1.165, 1.54) is 6.07 Å². The van der Waals surface area contributed by atoms with Crippen molar-refractivity contribution in [3.8, 4) is 0 Å². The standard InChI is InChI=1S/C18H17N3O2/c1-11-5-3-4-6-13(11)18(23)16-8-7-14(19-16)12(2)15-9-10-17(22)21-20-15/h3-10,12,19H,1-2H3,(H,21,22). The number of hydrogen-bond acceptors (Lipinski definition) is 3. The summed E-state index contributed by atoms with van der Waals surface area (Å²) in [7, 11) is 0. The maximum absolute atomic E-state index is 12.6. The van der Waals surface area contributed by atoms with Crippen molar-refractivity contribution in [1.82, 2.24) is 15.2 Å². The van der Waals surface area contributed by atoms with Crippen LogP contribution in [0.5, 0.6) is 0 Å². The van der Waals surface area contributed by atoms with E-state index in [-0.39, 0.29) is 17.3 Å². The van der Waals surface area contributed by atoms with Gasteiger partial charge in [0.15, 0.2) is 0 Å². The Morgan fingerprint density at radius 3 is 2.57 bits per heavy atom. The molecule has 0 saturated heterocycles. The summed E-state index contributed by atoms with van der Waals surface area (Å²) in [6.45, 7) is 3.89. The van der Waals surface area contributed by atoms with Crippen molar-refractivity contribution in [2.45, 2.75) is 19.8 Å². The quantitative estimate of drug-likeness (QED) is 0.727. The average molecular weight is 307 g/mol. The number of ketones is 1. The van der Waals surface area contributed by atoms with Gasteiger partial charge in [-0.3, -0.25) is 9.59 Å². The first-order valence-corrected chi connectivity index (χ1v) is 7.41. The van der Waals surface area contributed by atoms with E-state index in [4.69, 9.17) is 0 Å².